The van der Waals surface area contributed by atoms with Crippen molar-refractivity contribution in [1.82, 2.24) is 4.57 Å². The Kier molecular flexibility index (Phi) is 2.89. The molecule has 2 rings (SSSR count). The lowest BCUT2D eigenvalue weighted by Crippen LogP contribution is -2.38. The molecule has 0 aliphatic carbocycles. The number of anilines is 1. The molecule has 2 N–H and O–H groups in total. The first-order valence-electron chi connectivity index (χ1n) is 5.67. The molecule has 1 aromatic heterocycles. The van der Waals surface area contributed by atoms with Crippen molar-refractivity contribution >= 4 is 21.5 Å². The average Bonchev–Trinajstić information content (AvgIpc) is 2.55. The molecule has 7 heteroatoms. The van der Waals surface area contributed by atoms with Gasteiger partial charge in [0, 0.05) is 19.8 Å². The highest BCUT2D eigenvalue weighted by Crippen LogP contribution is 2.36. The zero-order valence-corrected chi connectivity index (χ0v) is 11.3. The Bertz CT molecular complexity index is 601. The molecular weight excluding hydrogens is 256 g/mol. The van der Waals surface area contributed by atoms with Crippen molar-refractivity contribution in [2.75, 3.05) is 11.9 Å². The Morgan fingerprint density at radius 1 is 1.56 bits per heavy atom. The highest BCUT2D eigenvalue weighted by atomic mass is 32.2. The molecule has 1 aliphatic heterocycles. The van der Waals surface area contributed by atoms with E-state index < -0.39 is 21.1 Å². The SMILES string of the molecule is CC(C)C1CNc2c(cn(C)c2C(=O)O)S1(=O)=O. The summed E-state index contributed by atoms with van der Waals surface area (Å²) >= 11 is 0. The number of carboxylic acids is 1. The van der Waals surface area contributed by atoms with Gasteiger partial charge < -0.3 is 15.0 Å². The molecule has 0 amide bonds. The lowest BCUT2D eigenvalue weighted by atomic mass is 10.1. The van der Waals surface area contributed by atoms with Gasteiger partial charge in [0.2, 0.25) is 0 Å². The lowest BCUT2D eigenvalue weighted by molar-refractivity contribution is 0.0687. The largest absolute Gasteiger partial charge is 0.477 e. The first kappa shape index (κ1) is 12.9. The van der Waals surface area contributed by atoms with E-state index >= 15 is 0 Å². The summed E-state index contributed by atoms with van der Waals surface area (Å²) in [5.74, 6) is -1.16. The monoisotopic (exact) mass is 272 g/mol. The van der Waals surface area contributed by atoms with Crippen LogP contribution in [-0.4, -0.2) is 35.9 Å². The molecule has 0 saturated heterocycles. The predicted octanol–water partition coefficient (Wildman–Crippen LogP) is 0.947. The second-order valence-electron chi connectivity index (χ2n) is 4.84. The van der Waals surface area contributed by atoms with Gasteiger partial charge in [-0.05, 0) is 5.92 Å². The molecule has 0 radical (unpaired) electrons. The van der Waals surface area contributed by atoms with Crippen LogP contribution in [0.25, 0.3) is 0 Å². The highest BCUT2D eigenvalue weighted by Gasteiger charge is 2.39. The zero-order chi connectivity index (χ0) is 13.7. The second kappa shape index (κ2) is 4.01. The van der Waals surface area contributed by atoms with Crippen LogP contribution < -0.4 is 5.32 Å². The van der Waals surface area contributed by atoms with Crippen molar-refractivity contribution in [3.63, 3.8) is 0 Å². The number of aromatic carboxylic acids is 1. The number of aryl methyl sites for hydroxylation is 1. The van der Waals surface area contributed by atoms with Crippen LogP contribution in [0.15, 0.2) is 11.1 Å². The summed E-state index contributed by atoms with van der Waals surface area (Å²) in [6.45, 7) is 3.93. The summed E-state index contributed by atoms with van der Waals surface area (Å²) in [5.41, 5.74) is 0.192. The molecule has 1 aromatic rings. The van der Waals surface area contributed by atoms with Crippen molar-refractivity contribution in [2.45, 2.75) is 24.0 Å². The molecule has 0 aromatic carbocycles. The van der Waals surface area contributed by atoms with Crippen molar-refractivity contribution < 1.29 is 18.3 Å². The number of nitrogens with one attached hydrogen (secondary N) is 1. The van der Waals surface area contributed by atoms with Gasteiger partial charge in [-0.3, -0.25) is 0 Å². The van der Waals surface area contributed by atoms with E-state index in [2.05, 4.69) is 5.32 Å². The molecule has 1 aliphatic rings. The third-order valence-corrected chi connectivity index (χ3v) is 5.71. The van der Waals surface area contributed by atoms with Gasteiger partial charge >= 0.3 is 5.97 Å². The molecule has 2 heterocycles. The number of fused-ring (bicyclic) bond motifs is 1. The van der Waals surface area contributed by atoms with Crippen LogP contribution in [0.3, 0.4) is 0 Å². The van der Waals surface area contributed by atoms with Crippen LogP contribution in [0.1, 0.15) is 24.3 Å². The Hall–Kier alpha value is -1.50. The van der Waals surface area contributed by atoms with E-state index in [1.54, 1.807) is 0 Å². The maximum Gasteiger partial charge on any atom is 0.354 e. The molecule has 0 spiro atoms. The van der Waals surface area contributed by atoms with E-state index in [9.17, 15) is 13.2 Å². The van der Waals surface area contributed by atoms with Crippen LogP contribution in [0, 0.1) is 5.92 Å². The second-order valence-corrected chi connectivity index (χ2v) is 6.98. The normalized spacial score (nSPS) is 21.4. The summed E-state index contributed by atoms with van der Waals surface area (Å²) in [5, 5.41) is 11.5. The number of carbonyl (C=O) groups is 1. The van der Waals surface area contributed by atoms with Crippen molar-refractivity contribution in [2.24, 2.45) is 13.0 Å². The number of carboxylic acid groups (broad SMARTS) is 1. The first-order valence-corrected chi connectivity index (χ1v) is 7.21. The molecule has 0 saturated carbocycles. The van der Waals surface area contributed by atoms with E-state index in [0.717, 1.165) is 0 Å². The summed E-state index contributed by atoms with van der Waals surface area (Å²) in [6, 6.07) is 0. The molecule has 100 valence electrons. The van der Waals surface area contributed by atoms with Gasteiger partial charge in [-0.2, -0.15) is 0 Å². The third kappa shape index (κ3) is 1.69. The predicted molar refractivity (Wildman–Crippen MR) is 66.7 cm³/mol. The van der Waals surface area contributed by atoms with Crippen molar-refractivity contribution in [1.29, 1.82) is 0 Å². The van der Waals surface area contributed by atoms with Gasteiger partial charge in [-0.25, -0.2) is 13.2 Å². The standard InChI is InChI=1S/C11H16N2O4S/c1-6(2)7-4-12-9-8(18(7,16)17)5-13(3)10(9)11(14)15/h5-7,12H,4H2,1-3H3,(H,14,15). The van der Waals surface area contributed by atoms with E-state index in [4.69, 9.17) is 5.11 Å². The number of rotatable bonds is 2. The maximum atomic E-state index is 12.4. The summed E-state index contributed by atoms with van der Waals surface area (Å²) in [7, 11) is -1.93. The lowest BCUT2D eigenvalue weighted by Gasteiger charge is -2.27. The molecule has 6 nitrogen and oxygen atoms in total. The fourth-order valence-electron chi connectivity index (χ4n) is 2.31. The number of aromatic nitrogens is 1. The maximum absolute atomic E-state index is 12.4. The van der Waals surface area contributed by atoms with Crippen LogP contribution in [0.5, 0.6) is 0 Å². The minimum atomic E-state index is -3.46. The molecule has 0 fully saturated rings. The van der Waals surface area contributed by atoms with Gasteiger partial charge in [0.05, 0.1) is 10.9 Å². The van der Waals surface area contributed by atoms with Crippen molar-refractivity contribution in [3.05, 3.63) is 11.9 Å². The quantitative estimate of drug-likeness (QED) is 0.836. The van der Waals surface area contributed by atoms with Gasteiger partial charge in [-0.15, -0.1) is 0 Å². The first-order chi connectivity index (χ1) is 8.26. The smallest absolute Gasteiger partial charge is 0.354 e. The topological polar surface area (TPSA) is 88.4 Å². The fourth-order valence-corrected chi connectivity index (χ4v) is 4.42. The molecule has 1 unspecified atom stereocenters. The van der Waals surface area contributed by atoms with Gasteiger partial charge in [0.1, 0.15) is 4.90 Å². The van der Waals surface area contributed by atoms with E-state index in [1.807, 2.05) is 13.8 Å². The third-order valence-electron chi connectivity index (χ3n) is 3.28. The van der Waals surface area contributed by atoms with Gasteiger partial charge in [0.15, 0.2) is 15.5 Å². The molecular formula is C11H16N2O4S. The fraction of sp³-hybridized carbons (Fsp3) is 0.545. The number of hydrogen-bond donors (Lipinski definition) is 2. The van der Waals surface area contributed by atoms with Crippen LogP contribution in [-0.2, 0) is 16.9 Å². The van der Waals surface area contributed by atoms with Crippen LogP contribution in [0.2, 0.25) is 0 Å². The van der Waals surface area contributed by atoms with E-state index in [-0.39, 0.29) is 28.7 Å². The number of sulfone groups is 1. The number of nitrogens with zero attached hydrogens (tertiary/aromatic N) is 1. The van der Waals surface area contributed by atoms with E-state index in [1.165, 1.54) is 17.8 Å². The molecule has 1 atom stereocenters. The Balaban J connectivity index is 2.65. The van der Waals surface area contributed by atoms with Crippen molar-refractivity contribution in [3.8, 4) is 0 Å². The molecule has 0 bridgehead atoms. The van der Waals surface area contributed by atoms with Gasteiger partial charge in [0.25, 0.3) is 0 Å². The molecule has 18 heavy (non-hydrogen) atoms. The summed E-state index contributed by atoms with van der Waals surface area (Å²) < 4.78 is 26.1. The highest BCUT2D eigenvalue weighted by molar-refractivity contribution is 7.92. The zero-order valence-electron chi connectivity index (χ0n) is 10.5. The Morgan fingerprint density at radius 3 is 2.67 bits per heavy atom. The van der Waals surface area contributed by atoms with Crippen LogP contribution in [0.4, 0.5) is 5.69 Å². The van der Waals surface area contributed by atoms with Gasteiger partial charge in [-0.1, -0.05) is 13.8 Å². The van der Waals surface area contributed by atoms with E-state index in [0.29, 0.717) is 0 Å². The average molecular weight is 272 g/mol. The summed E-state index contributed by atoms with van der Waals surface area (Å²) in [4.78, 5) is 11.2. The minimum absolute atomic E-state index is 0.0178. The Labute approximate surface area is 106 Å². The minimum Gasteiger partial charge on any atom is -0.477 e. The number of hydrogen-bond acceptors (Lipinski definition) is 4. The van der Waals surface area contributed by atoms with Crippen LogP contribution >= 0.6 is 0 Å². The Morgan fingerprint density at radius 2 is 2.17 bits per heavy atom. The summed E-state index contributed by atoms with van der Waals surface area (Å²) in [6.07, 6.45) is 1.37.